The maximum absolute atomic E-state index is 11.8. The van der Waals surface area contributed by atoms with Crippen molar-refractivity contribution in [3.8, 4) is 5.75 Å². The van der Waals surface area contributed by atoms with Gasteiger partial charge in [-0.25, -0.2) is 4.98 Å². The van der Waals surface area contributed by atoms with E-state index in [1.165, 1.54) is 4.90 Å². The third-order valence-electron chi connectivity index (χ3n) is 4.28. The van der Waals surface area contributed by atoms with E-state index in [0.29, 0.717) is 11.3 Å². The Hall–Kier alpha value is -3.62. The number of nitrogens with one attached hydrogen (secondary N) is 2. The number of ether oxygens (including phenoxy) is 1. The molecule has 0 aliphatic heterocycles. The van der Waals surface area contributed by atoms with Gasteiger partial charge in [-0.1, -0.05) is 0 Å². The van der Waals surface area contributed by atoms with Gasteiger partial charge in [0.05, 0.1) is 24.5 Å². The Balaban J connectivity index is 1.69. The summed E-state index contributed by atoms with van der Waals surface area (Å²) in [5.41, 5.74) is 2.27. The topological polar surface area (TPSA) is 101 Å². The predicted octanol–water partition coefficient (Wildman–Crippen LogP) is 2.15. The lowest BCUT2D eigenvalue weighted by atomic mass is 10.1. The number of carbonyl (C=O) groups is 1. The summed E-state index contributed by atoms with van der Waals surface area (Å²) in [6, 6.07) is 5.72. The Morgan fingerprint density at radius 1 is 1.33 bits per heavy atom. The van der Waals surface area contributed by atoms with Gasteiger partial charge in [0.15, 0.2) is 5.82 Å². The van der Waals surface area contributed by atoms with E-state index in [2.05, 4.69) is 25.6 Å². The molecule has 0 saturated heterocycles. The van der Waals surface area contributed by atoms with Crippen molar-refractivity contribution in [1.29, 1.82) is 0 Å². The van der Waals surface area contributed by atoms with E-state index in [4.69, 9.17) is 4.74 Å². The Bertz CT molecular complexity index is 1130. The molecule has 0 unspecified atom stereocenters. The number of fused-ring (bicyclic) bond motifs is 3. The number of pyridine rings is 1. The lowest BCUT2D eigenvalue weighted by molar-refractivity contribution is -0.129. The van der Waals surface area contributed by atoms with Crippen molar-refractivity contribution in [2.45, 2.75) is 6.54 Å². The molecular formula is C18H19N7O2. The number of hydrogen-bond donors (Lipinski definition) is 2. The van der Waals surface area contributed by atoms with Crippen molar-refractivity contribution >= 4 is 39.2 Å². The van der Waals surface area contributed by atoms with E-state index in [1.807, 2.05) is 24.4 Å². The van der Waals surface area contributed by atoms with E-state index >= 15 is 0 Å². The molecule has 0 atom stereocenters. The van der Waals surface area contributed by atoms with Crippen LogP contribution in [0.4, 0.5) is 11.5 Å². The molecule has 0 aliphatic carbocycles. The molecule has 1 amide bonds. The van der Waals surface area contributed by atoms with Gasteiger partial charge in [0.1, 0.15) is 17.8 Å². The third-order valence-corrected chi connectivity index (χ3v) is 4.28. The second-order valence-electron chi connectivity index (χ2n) is 6.33. The van der Waals surface area contributed by atoms with E-state index < -0.39 is 0 Å². The predicted molar refractivity (Wildman–Crippen MR) is 102 cm³/mol. The van der Waals surface area contributed by atoms with Crippen LogP contribution in [0.15, 0.2) is 36.8 Å². The molecule has 4 rings (SSSR count). The Morgan fingerprint density at radius 2 is 2.19 bits per heavy atom. The quantitative estimate of drug-likeness (QED) is 0.562. The van der Waals surface area contributed by atoms with Crippen molar-refractivity contribution in [3.63, 3.8) is 0 Å². The van der Waals surface area contributed by atoms with Crippen molar-refractivity contribution in [3.05, 3.63) is 36.8 Å². The molecule has 1 aromatic carbocycles. The molecule has 0 radical (unpaired) electrons. The van der Waals surface area contributed by atoms with Crippen molar-refractivity contribution in [1.82, 2.24) is 29.9 Å². The largest absolute Gasteiger partial charge is 0.497 e. The van der Waals surface area contributed by atoms with Crippen molar-refractivity contribution < 1.29 is 9.53 Å². The van der Waals surface area contributed by atoms with Crippen LogP contribution >= 0.6 is 0 Å². The summed E-state index contributed by atoms with van der Waals surface area (Å²) in [6.45, 7) is 0.178. The number of rotatable bonds is 5. The average molecular weight is 365 g/mol. The normalized spacial score (nSPS) is 11.1. The average Bonchev–Trinajstić information content (AvgIpc) is 3.31. The maximum atomic E-state index is 11.8. The number of H-pyrrole nitrogens is 1. The number of aromatic nitrogens is 5. The minimum Gasteiger partial charge on any atom is -0.497 e. The van der Waals surface area contributed by atoms with Crippen LogP contribution in [0.1, 0.15) is 0 Å². The zero-order valence-electron chi connectivity index (χ0n) is 15.2. The monoisotopic (exact) mass is 365 g/mol. The van der Waals surface area contributed by atoms with Crippen LogP contribution in [0.3, 0.4) is 0 Å². The second kappa shape index (κ2) is 6.60. The van der Waals surface area contributed by atoms with E-state index in [9.17, 15) is 4.79 Å². The number of carbonyl (C=O) groups excluding carboxylic acids is 1. The SMILES string of the molecule is COc1ccc2nc(Nc3cnn(CC(=O)N(C)C)c3)c3n[nH]cc3c2c1. The Kier molecular flexibility index (Phi) is 4.11. The van der Waals surface area contributed by atoms with Crippen LogP contribution in [0.5, 0.6) is 5.75 Å². The molecule has 0 spiro atoms. The molecule has 9 heteroatoms. The Labute approximate surface area is 154 Å². The maximum Gasteiger partial charge on any atom is 0.243 e. The third kappa shape index (κ3) is 3.14. The van der Waals surface area contributed by atoms with Crippen molar-refractivity contribution in [2.75, 3.05) is 26.5 Å². The first-order chi connectivity index (χ1) is 13.0. The molecule has 0 fully saturated rings. The van der Waals surface area contributed by atoms with Gasteiger partial charge in [0, 0.05) is 37.3 Å². The van der Waals surface area contributed by atoms with Crippen LogP contribution in [-0.2, 0) is 11.3 Å². The molecule has 138 valence electrons. The molecule has 2 N–H and O–H groups in total. The zero-order chi connectivity index (χ0) is 19.0. The molecule has 9 nitrogen and oxygen atoms in total. The van der Waals surface area contributed by atoms with E-state index in [0.717, 1.165) is 27.7 Å². The van der Waals surface area contributed by atoms with Gasteiger partial charge in [0.2, 0.25) is 5.91 Å². The van der Waals surface area contributed by atoms with Crippen LogP contribution in [-0.4, -0.2) is 57.0 Å². The number of methoxy groups -OCH3 is 1. The number of benzene rings is 1. The first-order valence-corrected chi connectivity index (χ1v) is 8.36. The van der Waals surface area contributed by atoms with Gasteiger partial charge in [0.25, 0.3) is 0 Å². The number of amides is 1. The van der Waals surface area contributed by atoms with Gasteiger partial charge < -0.3 is 15.0 Å². The van der Waals surface area contributed by atoms with Gasteiger partial charge in [-0.05, 0) is 18.2 Å². The molecular weight excluding hydrogens is 346 g/mol. The number of likely N-dealkylation sites (N-methyl/N-ethyl adjacent to an activating group) is 1. The van der Waals surface area contributed by atoms with Crippen LogP contribution < -0.4 is 10.1 Å². The summed E-state index contributed by atoms with van der Waals surface area (Å²) in [5.74, 6) is 1.35. The second-order valence-corrected chi connectivity index (χ2v) is 6.33. The molecule has 27 heavy (non-hydrogen) atoms. The van der Waals surface area contributed by atoms with Crippen LogP contribution in [0.25, 0.3) is 21.8 Å². The fraction of sp³-hybridized carbons (Fsp3) is 0.222. The standard InChI is InChI=1S/C18H19N7O2/c1-24(2)16(26)10-25-9-11(7-20-25)21-18-17-14(8-19-23-17)13-6-12(27-3)4-5-15(13)22-18/h4-9H,10H2,1-3H3,(H,19,23)(H,21,22). The summed E-state index contributed by atoms with van der Waals surface area (Å²) in [6.07, 6.45) is 5.25. The number of aromatic amines is 1. The zero-order valence-corrected chi connectivity index (χ0v) is 15.2. The highest BCUT2D eigenvalue weighted by molar-refractivity contribution is 6.09. The molecule has 0 saturated carbocycles. The number of anilines is 2. The lowest BCUT2D eigenvalue weighted by Crippen LogP contribution is -2.26. The van der Waals surface area contributed by atoms with E-state index in [-0.39, 0.29) is 12.5 Å². The smallest absolute Gasteiger partial charge is 0.243 e. The van der Waals surface area contributed by atoms with Crippen LogP contribution in [0.2, 0.25) is 0 Å². The fourth-order valence-corrected chi connectivity index (χ4v) is 2.82. The molecule has 3 aromatic heterocycles. The number of nitrogens with zero attached hydrogens (tertiary/aromatic N) is 5. The summed E-state index contributed by atoms with van der Waals surface area (Å²) in [7, 11) is 5.07. The highest BCUT2D eigenvalue weighted by Crippen LogP contribution is 2.31. The fourth-order valence-electron chi connectivity index (χ4n) is 2.82. The van der Waals surface area contributed by atoms with Crippen molar-refractivity contribution in [2.24, 2.45) is 0 Å². The number of hydrogen-bond acceptors (Lipinski definition) is 6. The highest BCUT2D eigenvalue weighted by atomic mass is 16.5. The first-order valence-electron chi connectivity index (χ1n) is 8.36. The van der Waals surface area contributed by atoms with Gasteiger partial charge in [-0.2, -0.15) is 10.2 Å². The minimum atomic E-state index is -0.0304. The molecule has 0 bridgehead atoms. The summed E-state index contributed by atoms with van der Waals surface area (Å²) in [5, 5.41) is 16.6. The van der Waals surface area contributed by atoms with Crippen LogP contribution in [0, 0.1) is 0 Å². The molecule has 4 aromatic rings. The molecule has 3 heterocycles. The lowest BCUT2D eigenvalue weighted by Gasteiger charge is -2.09. The minimum absolute atomic E-state index is 0.0304. The van der Waals surface area contributed by atoms with Gasteiger partial charge in [-0.15, -0.1) is 0 Å². The summed E-state index contributed by atoms with van der Waals surface area (Å²) in [4.78, 5) is 18.0. The first kappa shape index (κ1) is 16.8. The van der Waals surface area contributed by atoms with E-state index in [1.54, 1.807) is 38.3 Å². The van der Waals surface area contributed by atoms with Gasteiger partial charge >= 0.3 is 0 Å². The summed E-state index contributed by atoms with van der Waals surface area (Å²) < 4.78 is 6.89. The summed E-state index contributed by atoms with van der Waals surface area (Å²) >= 11 is 0. The molecule has 0 aliphatic rings. The van der Waals surface area contributed by atoms with Gasteiger partial charge in [-0.3, -0.25) is 14.6 Å². The Morgan fingerprint density at radius 3 is 2.96 bits per heavy atom. The highest BCUT2D eigenvalue weighted by Gasteiger charge is 2.13.